The normalized spacial score (nSPS) is 19.1. The van der Waals surface area contributed by atoms with Gasteiger partial charge in [-0.1, -0.05) is 23.7 Å². The van der Waals surface area contributed by atoms with Crippen LogP contribution in [0.15, 0.2) is 54.6 Å². The summed E-state index contributed by atoms with van der Waals surface area (Å²) < 4.78 is 15.4. The van der Waals surface area contributed by atoms with Crippen molar-refractivity contribution in [2.75, 3.05) is 55.6 Å². The van der Waals surface area contributed by atoms with Crippen molar-refractivity contribution in [1.82, 2.24) is 14.4 Å². The number of carbonyl (C=O) groups is 1. The van der Waals surface area contributed by atoms with E-state index in [0.29, 0.717) is 6.54 Å². The lowest BCUT2D eigenvalue weighted by Crippen LogP contribution is -2.54. The molecule has 1 aromatic heterocycles. The zero-order valence-corrected chi connectivity index (χ0v) is 23.3. The van der Waals surface area contributed by atoms with Crippen molar-refractivity contribution in [3.05, 3.63) is 82.4 Å². The zero-order valence-electron chi connectivity index (χ0n) is 22.5. The van der Waals surface area contributed by atoms with Gasteiger partial charge in [0.05, 0.1) is 10.7 Å². The van der Waals surface area contributed by atoms with Crippen molar-refractivity contribution < 1.29 is 9.18 Å². The third-order valence-corrected chi connectivity index (χ3v) is 8.43. The van der Waals surface area contributed by atoms with Gasteiger partial charge in [0.1, 0.15) is 11.5 Å². The first kappa shape index (κ1) is 26.6. The van der Waals surface area contributed by atoms with Gasteiger partial charge in [0.25, 0.3) is 5.91 Å². The summed E-state index contributed by atoms with van der Waals surface area (Å²) in [5, 5.41) is 0.802. The fourth-order valence-corrected chi connectivity index (χ4v) is 5.99. The highest BCUT2D eigenvalue weighted by Gasteiger charge is 2.30. The maximum absolute atomic E-state index is 13.7. The molecule has 2 aliphatic rings. The second kappa shape index (κ2) is 11.4. The minimum absolute atomic E-state index is 0.0568. The Morgan fingerprint density at radius 1 is 0.974 bits per heavy atom. The highest BCUT2D eigenvalue weighted by atomic mass is 35.5. The van der Waals surface area contributed by atoms with Crippen LogP contribution in [0.4, 0.5) is 15.8 Å². The molecule has 38 heavy (non-hydrogen) atoms. The summed E-state index contributed by atoms with van der Waals surface area (Å²) in [7, 11) is 1.99. The average Bonchev–Trinajstić information content (AvgIpc) is 3.06. The van der Waals surface area contributed by atoms with E-state index < -0.39 is 0 Å². The van der Waals surface area contributed by atoms with Crippen LogP contribution in [0.2, 0.25) is 5.02 Å². The summed E-state index contributed by atoms with van der Waals surface area (Å²) in [4.78, 5) is 22.7. The van der Waals surface area contributed by atoms with E-state index in [4.69, 9.17) is 11.6 Å². The summed E-state index contributed by atoms with van der Waals surface area (Å²) in [6.45, 7) is 11.0. The molecule has 0 saturated carbocycles. The Labute approximate surface area is 230 Å². The van der Waals surface area contributed by atoms with E-state index in [1.165, 1.54) is 17.7 Å². The zero-order chi connectivity index (χ0) is 26.8. The molecule has 5 rings (SSSR count). The minimum atomic E-state index is -0.233. The molecule has 0 bridgehead atoms. The van der Waals surface area contributed by atoms with E-state index in [-0.39, 0.29) is 17.8 Å². The smallest absolute Gasteiger partial charge is 0.270 e. The van der Waals surface area contributed by atoms with E-state index in [2.05, 4.69) is 40.7 Å². The highest BCUT2D eigenvalue weighted by Crippen LogP contribution is 2.27. The number of hydrogen-bond acceptors (Lipinski definition) is 4. The van der Waals surface area contributed by atoms with Gasteiger partial charge in [-0.15, -0.1) is 0 Å². The number of carbonyl (C=O) groups excluding carboxylic acids is 1. The lowest BCUT2D eigenvalue weighted by atomic mass is 10.1. The number of nitrogens with zero attached hydrogens (tertiary/aromatic N) is 5. The predicted molar refractivity (Wildman–Crippen MR) is 153 cm³/mol. The molecule has 0 aliphatic carbocycles. The molecule has 1 unspecified atom stereocenters. The van der Waals surface area contributed by atoms with Crippen molar-refractivity contribution in [2.45, 2.75) is 32.9 Å². The van der Waals surface area contributed by atoms with Crippen molar-refractivity contribution >= 4 is 28.9 Å². The van der Waals surface area contributed by atoms with Gasteiger partial charge in [-0.3, -0.25) is 9.69 Å². The molecular weight excluding hydrogens is 501 g/mol. The standard InChI is InChI=1S/C30H37ClFN5O/c1-22-20-36(26-11-9-25(32)10-12-26)17-18-37(22)30(38)29-19-24(23(2)33(29)3)21-34-13-6-14-35(16-15-34)28-8-5-4-7-27(28)31/h4-5,7-12,19,22H,6,13-18,20-21H2,1-3H3. The number of aromatic nitrogens is 1. The SMILES string of the molecule is Cc1c(CN2CCCN(c3ccccc3Cl)CC2)cc(C(=O)N2CCN(c3ccc(F)cc3)CC2C)n1C. The maximum atomic E-state index is 13.7. The molecule has 0 radical (unpaired) electrons. The molecule has 1 atom stereocenters. The number of amides is 1. The number of para-hydroxylation sites is 1. The Balaban J connectivity index is 1.23. The van der Waals surface area contributed by atoms with Gasteiger partial charge >= 0.3 is 0 Å². The highest BCUT2D eigenvalue weighted by molar-refractivity contribution is 6.33. The third-order valence-electron chi connectivity index (χ3n) is 8.11. The van der Waals surface area contributed by atoms with Gasteiger partial charge in [-0.05, 0) is 68.3 Å². The lowest BCUT2D eigenvalue weighted by Gasteiger charge is -2.41. The Bertz CT molecular complexity index is 1280. The quantitative estimate of drug-likeness (QED) is 0.449. The van der Waals surface area contributed by atoms with Crippen molar-refractivity contribution in [2.24, 2.45) is 7.05 Å². The molecule has 202 valence electrons. The molecule has 0 N–H and O–H groups in total. The summed E-state index contributed by atoms with van der Waals surface area (Å²) in [5.74, 6) is -0.155. The molecule has 1 amide bonds. The molecule has 2 aromatic carbocycles. The minimum Gasteiger partial charge on any atom is -0.369 e. The number of halogens is 2. The monoisotopic (exact) mass is 537 g/mol. The summed E-state index contributed by atoms with van der Waals surface area (Å²) in [6, 6.07) is 16.8. The van der Waals surface area contributed by atoms with Gasteiger partial charge in [0, 0.05) is 76.8 Å². The molecular formula is C30H37ClFN5O. The van der Waals surface area contributed by atoms with Gasteiger partial charge < -0.3 is 19.3 Å². The third kappa shape index (κ3) is 5.54. The van der Waals surface area contributed by atoms with Crippen molar-refractivity contribution in [1.29, 1.82) is 0 Å². The van der Waals surface area contributed by atoms with Crippen LogP contribution in [0.1, 0.15) is 35.1 Å². The van der Waals surface area contributed by atoms with Gasteiger partial charge in [0.15, 0.2) is 0 Å². The molecule has 0 spiro atoms. The number of benzene rings is 2. The van der Waals surface area contributed by atoms with Gasteiger partial charge in [-0.2, -0.15) is 0 Å². The predicted octanol–water partition coefficient (Wildman–Crippen LogP) is 5.19. The van der Waals surface area contributed by atoms with E-state index in [1.54, 1.807) is 0 Å². The van der Waals surface area contributed by atoms with Crippen LogP contribution in [0.3, 0.4) is 0 Å². The number of piperazine rings is 1. The van der Waals surface area contributed by atoms with E-state index >= 15 is 0 Å². The van der Waals surface area contributed by atoms with Crippen LogP contribution in [0, 0.1) is 12.7 Å². The Morgan fingerprint density at radius 3 is 2.45 bits per heavy atom. The van der Waals surface area contributed by atoms with E-state index in [1.807, 2.05) is 46.8 Å². The lowest BCUT2D eigenvalue weighted by molar-refractivity contribution is 0.0664. The maximum Gasteiger partial charge on any atom is 0.270 e. The topological polar surface area (TPSA) is 35.0 Å². The molecule has 6 nitrogen and oxygen atoms in total. The fraction of sp³-hybridized carbons (Fsp3) is 0.433. The van der Waals surface area contributed by atoms with Crippen LogP contribution in [0.5, 0.6) is 0 Å². The fourth-order valence-electron chi connectivity index (χ4n) is 5.74. The molecule has 3 heterocycles. The Hall–Kier alpha value is -3.03. The molecule has 2 saturated heterocycles. The average molecular weight is 538 g/mol. The number of anilines is 2. The molecule has 2 aliphatic heterocycles. The Kier molecular flexibility index (Phi) is 7.96. The number of rotatable bonds is 5. The van der Waals surface area contributed by atoms with Crippen LogP contribution in [-0.2, 0) is 13.6 Å². The number of hydrogen-bond donors (Lipinski definition) is 0. The first-order valence-electron chi connectivity index (χ1n) is 13.5. The Morgan fingerprint density at radius 2 is 1.71 bits per heavy atom. The van der Waals surface area contributed by atoms with Gasteiger partial charge in [-0.25, -0.2) is 4.39 Å². The van der Waals surface area contributed by atoms with Crippen molar-refractivity contribution in [3.8, 4) is 0 Å². The van der Waals surface area contributed by atoms with Crippen LogP contribution in [-0.4, -0.2) is 72.1 Å². The largest absolute Gasteiger partial charge is 0.369 e. The second-order valence-electron chi connectivity index (χ2n) is 10.5. The van der Waals surface area contributed by atoms with Crippen LogP contribution in [0.25, 0.3) is 0 Å². The first-order chi connectivity index (χ1) is 18.3. The molecule has 2 fully saturated rings. The summed E-state index contributed by atoms with van der Waals surface area (Å²) in [6.07, 6.45) is 1.07. The summed E-state index contributed by atoms with van der Waals surface area (Å²) >= 11 is 6.46. The first-order valence-corrected chi connectivity index (χ1v) is 13.9. The van der Waals surface area contributed by atoms with Crippen LogP contribution >= 0.6 is 11.6 Å². The summed E-state index contributed by atoms with van der Waals surface area (Å²) in [5.41, 5.74) is 5.19. The molecule has 3 aromatic rings. The van der Waals surface area contributed by atoms with Crippen molar-refractivity contribution in [3.63, 3.8) is 0 Å². The second-order valence-corrected chi connectivity index (χ2v) is 10.9. The van der Waals surface area contributed by atoms with E-state index in [9.17, 15) is 9.18 Å². The molecule has 8 heteroatoms. The van der Waals surface area contributed by atoms with Crippen LogP contribution < -0.4 is 9.80 Å². The van der Waals surface area contributed by atoms with Gasteiger partial charge in [0.2, 0.25) is 0 Å². The van der Waals surface area contributed by atoms with E-state index in [0.717, 1.165) is 80.0 Å².